The highest BCUT2D eigenvalue weighted by Gasteiger charge is 2.42. The van der Waals surface area contributed by atoms with Crippen molar-refractivity contribution in [1.29, 1.82) is 0 Å². The molecule has 34 heavy (non-hydrogen) atoms. The summed E-state index contributed by atoms with van der Waals surface area (Å²) in [7, 11) is -1.65. The fourth-order valence-electron chi connectivity index (χ4n) is 3.84. The average Bonchev–Trinajstić information content (AvgIpc) is 3.30. The summed E-state index contributed by atoms with van der Waals surface area (Å²) in [5.74, 6) is 0. The van der Waals surface area contributed by atoms with Gasteiger partial charge in [-0.05, 0) is 41.8 Å². The Labute approximate surface area is 217 Å². The van der Waals surface area contributed by atoms with Crippen molar-refractivity contribution < 1.29 is 32.7 Å². The number of aliphatic hydroxyl groups is 1. The van der Waals surface area contributed by atoms with E-state index in [1.165, 1.54) is 17.4 Å². The molecule has 0 radical (unpaired) electrons. The highest BCUT2D eigenvalue weighted by Crippen LogP contribution is 2.50. The molecule has 0 spiro atoms. The molecule has 2 fully saturated rings. The number of hydrogen-bond donors (Lipinski definition) is 2. The Hall–Kier alpha value is 0.115. The molecule has 0 aliphatic carbocycles. The van der Waals surface area contributed by atoms with Gasteiger partial charge in [0.05, 0.1) is 35.3 Å². The van der Waals surface area contributed by atoms with Crippen molar-refractivity contribution in [2.75, 3.05) is 32.7 Å². The summed E-state index contributed by atoms with van der Waals surface area (Å²) in [6.07, 6.45) is -2.09. The Morgan fingerprint density at radius 2 is 1.94 bits per heavy atom. The molecule has 1 aromatic rings. The molecule has 1 aromatic heterocycles. The maximum Gasteiger partial charge on any atom is 0.330 e. The van der Waals surface area contributed by atoms with Gasteiger partial charge >= 0.3 is 13.3 Å². The molecule has 3 heterocycles. The number of aliphatic hydroxyl groups excluding tert-OH is 1. The summed E-state index contributed by atoms with van der Waals surface area (Å²) in [4.78, 5) is 26.1. The average molecular weight is 650 g/mol. The molecule has 192 valence electrons. The minimum atomic E-state index is -3.59. The molecular weight excluding hydrogens is 620 g/mol. The van der Waals surface area contributed by atoms with E-state index in [0.717, 1.165) is 6.16 Å². The SMILES string of the molecule is BC1CC(OP(C)(=S)CC)C(COP(C)(=O)OC2CC(n3cc(I)c(=O)[nH]c3=O)OC2CO)O1. The number of rotatable bonds is 10. The van der Waals surface area contributed by atoms with Crippen LogP contribution in [0.15, 0.2) is 15.8 Å². The van der Waals surface area contributed by atoms with E-state index in [4.69, 9.17) is 34.9 Å². The molecule has 0 aromatic carbocycles. The lowest BCUT2D eigenvalue weighted by molar-refractivity contribution is -0.0452. The van der Waals surface area contributed by atoms with Gasteiger partial charge in [-0.2, -0.15) is 0 Å². The minimum absolute atomic E-state index is 0.000203. The van der Waals surface area contributed by atoms with Gasteiger partial charge in [0.25, 0.3) is 5.56 Å². The quantitative estimate of drug-likeness (QED) is 0.213. The first-order valence-electron chi connectivity index (χ1n) is 10.9. The number of halogens is 1. The van der Waals surface area contributed by atoms with E-state index in [1.54, 1.807) is 22.6 Å². The van der Waals surface area contributed by atoms with E-state index in [1.807, 2.05) is 21.4 Å². The van der Waals surface area contributed by atoms with Crippen LogP contribution in [-0.2, 0) is 39.4 Å². The molecule has 8 unspecified atom stereocenters. The van der Waals surface area contributed by atoms with Gasteiger partial charge in [-0.3, -0.25) is 18.9 Å². The Bertz CT molecular complexity index is 1090. The van der Waals surface area contributed by atoms with Crippen molar-refractivity contribution in [3.05, 3.63) is 30.6 Å². The van der Waals surface area contributed by atoms with Crippen molar-refractivity contribution in [2.24, 2.45) is 0 Å². The zero-order valence-electron chi connectivity index (χ0n) is 19.4. The molecule has 16 heteroatoms. The van der Waals surface area contributed by atoms with Crippen LogP contribution >= 0.6 is 36.5 Å². The maximum absolute atomic E-state index is 13.1. The summed E-state index contributed by atoms with van der Waals surface area (Å²) < 4.78 is 43.8. The zero-order valence-corrected chi connectivity index (χ0v) is 24.2. The topological polar surface area (TPSA) is 138 Å². The Kier molecular flexibility index (Phi) is 9.84. The highest BCUT2D eigenvalue weighted by atomic mass is 127. The minimum Gasteiger partial charge on any atom is -0.394 e. The predicted molar refractivity (Wildman–Crippen MR) is 141 cm³/mol. The Balaban J connectivity index is 1.64. The first kappa shape index (κ1) is 28.7. The first-order valence-corrected chi connectivity index (χ1v) is 17.3. The smallest absolute Gasteiger partial charge is 0.330 e. The van der Waals surface area contributed by atoms with Crippen molar-refractivity contribution in [3.8, 4) is 0 Å². The second-order valence-corrected chi connectivity index (χ2v) is 17.0. The van der Waals surface area contributed by atoms with E-state index >= 15 is 0 Å². The fourth-order valence-corrected chi connectivity index (χ4v) is 6.75. The number of nitrogens with one attached hydrogen (secondary N) is 1. The van der Waals surface area contributed by atoms with Gasteiger partial charge in [-0.1, -0.05) is 18.7 Å². The van der Waals surface area contributed by atoms with Gasteiger partial charge in [0.2, 0.25) is 0 Å². The van der Waals surface area contributed by atoms with E-state index < -0.39 is 56.3 Å². The van der Waals surface area contributed by atoms with E-state index in [0.29, 0.717) is 9.99 Å². The van der Waals surface area contributed by atoms with Crippen LogP contribution in [0.25, 0.3) is 0 Å². The standard InChI is InChI=1S/C18H30BIN2O9P2S/c1-4-32(2,34)30-11-5-15(19)28-14(11)9-27-33(3,26)31-12-6-16(29-13(12)8-23)22-7-10(20)17(24)21-18(22)25/h7,11-16,23H,4-6,8-9,19H2,1-3H3,(H,21,24,25). The van der Waals surface area contributed by atoms with Crippen molar-refractivity contribution in [1.82, 2.24) is 9.55 Å². The largest absolute Gasteiger partial charge is 0.394 e. The summed E-state index contributed by atoms with van der Waals surface area (Å²) in [6.45, 7) is 4.87. The van der Waals surface area contributed by atoms with Crippen molar-refractivity contribution in [3.63, 3.8) is 0 Å². The summed E-state index contributed by atoms with van der Waals surface area (Å²) in [5, 5.41) is 9.74. The number of aromatic amines is 1. The van der Waals surface area contributed by atoms with Crippen molar-refractivity contribution >= 4 is 56.1 Å². The molecule has 0 amide bonds. The fraction of sp³-hybridized carbons (Fsp3) is 0.778. The molecule has 3 rings (SSSR count). The van der Waals surface area contributed by atoms with Crippen LogP contribution in [0.3, 0.4) is 0 Å². The molecule has 0 saturated carbocycles. The van der Waals surface area contributed by atoms with Crippen LogP contribution in [0, 0.1) is 3.57 Å². The van der Waals surface area contributed by atoms with Crippen LogP contribution in [0.5, 0.6) is 0 Å². The van der Waals surface area contributed by atoms with E-state index in [9.17, 15) is 19.3 Å². The van der Waals surface area contributed by atoms with E-state index in [2.05, 4.69) is 4.98 Å². The Morgan fingerprint density at radius 3 is 2.59 bits per heavy atom. The molecule has 2 saturated heterocycles. The first-order chi connectivity index (χ1) is 15.8. The monoisotopic (exact) mass is 650 g/mol. The van der Waals surface area contributed by atoms with E-state index in [-0.39, 0.29) is 25.1 Å². The van der Waals surface area contributed by atoms with Crippen molar-refractivity contribution in [2.45, 2.75) is 56.4 Å². The van der Waals surface area contributed by atoms with Gasteiger partial charge < -0.3 is 28.2 Å². The molecule has 8 atom stereocenters. The second-order valence-electron chi connectivity index (χ2n) is 8.60. The van der Waals surface area contributed by atoms with Crippen LogP contribution in [0.2, 0.25) is 0 Å². The van der Waals surface area contributed by atoms with Gasteiger partial charge in [0.15, 0.2) is 0 Å². The van der Waals surface area contributed by atoms with Crippen LogP contribution in [0.1, 0.15) is 26.0 Å². The zero-order chi connectivity index (χ0) is 25.3. The number of hydrogen-bond acceptors (Lipinski definition) is 10. The van der Waals surface area contributed by atoms with Crippen LogP contribution in [-0.4, -0.2) is 85.6 Å². The number of nitrogens with zero attached hydrogens (tertiary/aromatic N) is 1. The highest BCUT2D eigenvalue weighted by molar-refractivity contribution is 14.1. The third kappa shape index (κ3) is 7.33. The number of H-pyrrole nitrogens is 1. The number of ether oxygens (including phenoxy) is 2. The molecule has 2 aliphatic heterocycles. The third-order valence-corrected chi connectivity index (χ3v) is 10.7. The molecule has 0 bridgehead atoms. The van der Waals surface area contributed by atoms with Gasteiger partial charge in [0.1, 0.15) is 26.3 Å². The summed E-state index contributed by atoms with van der Waals surface area (Å²) in [6, 6.07) is -0.0382. The molecule has 2 aliphatic rings. The summed E-state index contributed by atoms with van der Waals surface area (Å²) >= 11 is 7.37. The molecular formula is C18H30BIN2O9P2S. The summed E-state index contributed by atoms with van der Waals surface area (Å²) in [5.41, 5.74) is -1.15. The lowest BCUT2D eigenvalue weighted by Gasteiger charge is -2.26. The van der Waals surface area contributed by atoms with Crippen LogP contribution < -0.4 is 11.2 Å². The van der Waals surface area contributed by atoms with Gasteiger partial charge in [0, 0.05) is 25.3 Å². The second kappa shape index (κ2) is 11.7. The van der Waals surface area contributed by atoms with Gasteiger partial charge in [-0.25, -0.2) is 4.79 Å². The molecule has 2 N–H and O–H groups in total. The van der Waals surface area contributed by atoms with Crippen LogP contribution in [0.4, 0.5) is 0 Å². The number of aromatic nitrogens is 2. The maximum atomic E-state index is 13.1. The molecule has 11 nitrogen and oxygen atoms in total. The third-order valence-electron chi connectivity index (χ3n) is 5.71. The normalized spacial score (nSPS) is 33.0. The Morgan fingerprint density at radius 1 is 1.26 bits per heavy atom. The lowest BCUT2D eigenvalue weighted by Crippen LogP contribution is -2.33. The predicted octanol–water partition coefficient (Wildman–Crippen LogP) is 0.823. The van der Waals surface area contributed by atoms with Gasteiger partial charge in [-0.15, -0.1) is 0 Å². The lowest BCUT2D eigenvalue weighted by atomic mass is 9.96.